The van der Waals surface area contributed by atoms with Crippen molar-refractivity contribution in [2.24, 2.45) is 18.9 Å². The summed E-state index contributed by atoms with van der Waals surface area (Å²) in [6.45, 7) is 1.19. The van der Waals surface area contributed by atoms with Gasteiger partial charge in [0.05, 0.1) is 11.9 Å². The van der Waals surface area contributed by atoms with Crippen LogP contribution in [0.15, 0.2) is 47.5 Å². The fourth-order valence-corrected chi connectivity index (χ4v) is 5.32. The molecule has 33 heavy (non-hydrogen) atoms. The van der Waals surface area contributed by atoms with Crippen molar-refractivity contribution in [1.29, 1.82) is 0 Å². The molecule has 1 aliphatic heterocycles. The fraction of sp³-hybridized carbons (Fsp3) is 0.304. The highest BCUT2D eigenvalue weighted by molar-refractivity contribution is 6.35. The molecule has 10 heteroatoms. The van der Waals surface area contributed by atoms with Gasteiger partial charge in [0.2, 0.25) is 5.95 Å². The van der Waals surface area contributed by atoms with Crippen LogP contribution in [0.4, 0.5) is 10.3 Å². The normalized spacial score (nSPS) is 21.1. The highest BCUT2D eigenvalue weighted by Crippen LogP contribution is 2.49. The van der Waals surface area contributed by atoms with Gasteiger partial charge in [-0.1, -0.05) is 23.2 Å². The molecule has 1 aromatic carbocycles. The third kappa shape index (κ3) is 3.87. The number of hydrogen-bond donors (Lipinski definition) is 0. The van der Waals surface area contributed by atoms with Gasteiger partial charge in [-0.05, 0) is 24.3 Å². The maximum Gasteiger partial charge on any atom is 0.255 e. The van der Waals surface area contributed by atoms with Crippen molar-refractivity contribution in [3.05, 3.63) is 74.5 Å². The number of amides is 1. The Morgan fingerprint density at radius 1 is 1.15 bits per heavy atom. The number of benzene rings is 1. The van der Waals surface area contributed by atoms with Crippen LogP contribution in [0.5, 0.6) is 0 Å². The highest BCUT2D eigenvalue weighted by Gasteiger charge is 2.59. The van der Waals surface area contributed by atoms with Crippen LogP contribution in [0.2, 0.25) is 10.0 Å². The number of hydrogen-bond acceptors (Lipinski definition) is 5. The van der Waals surface area contributed by atoms with Gasteiger partial charge in [0.1, 0.15) is 0 Å². The number of fused-ring (bicyclic) bond motifs is 1. The maximum atomic E-state index is 14.2. The van der Waals surface area contributed by atoms with Crippen molar-refractivity contribution in [2.75, 3.05) is 25.0 Å². The van der Waals surface area contributed by atoms with E-state index in [0.29, 0.717) is 34.6 Å². The number of rotatable bonds is 4. The molecule has 3 heterocycles. The van der Waals surface area contributed by atoms with Crippen molar-refractivity contribution < 1.29 is 9.18 Å². The molecule has 0 unspecified atom stereocenters. The second-order valence-corrected chi connectivity index (χ2v) is 9.36. The van der Waals surface area contributed by atoms with E-state index in [9.17, 15) is 14.0 Å². The summed E-state index contributed by atoms with van der Waals surface area (Å²) in [7, 11) is 3.52. The lowest BCUT2D eigenvalue weighted by Crippen LogP contribution is -2.38. The number of carbonyl (C=O) groups is 1. The van der Waals surface area contributed by atoms with Crippen LogP contribution in [-0.4, -0.2) is 51.5 Å². The molecule has 1 aliphatic carbocycles. The van der Waals surface area contributed by atoms with Crippen molar-refractivity contribution in [3.8, 4) is 11.3 Å². The summed E-state index contributed by atoms with van der Waals surface area (Å²) in [5.74, 6) is 0.324. The number of anilines is 1. The van der Waals surface area contributed by atoms with Crippen LogP contribution in [-0.2, 0) is 7.05 Å². The molecule has 0 N–H and O–H groups in total. The first-order valence-electron chi connectivity index (χ1n) is 10.4. The molecular weight excluding hydrogens is 468 g/mol. The summed E-state index contributed by atoms with van der Waals surface area (Å²) < 4.78 is 15.7. The lowest BCUT2D eigenvalue weighted by Gasteiger charge is -2.26. The zero-order valence-corrected chi connectivity index (χ0v) is 19.4. The minimum atomic E-state index is -0.537. The van der Waals surface area contributed by atoms with Gasteiger partial charge in [-0.2, -0.15) is 0 Å². The molecule has 1 saturated carbocycles. The largest absolute Gasteiger partial charge is 0.342 e. The summed E-state index contributed by atoms with van der Waals surface area (Å²) in [4.78, 5) is 37.6. The number of halogens is 3. The number of nitrogens with zero attached hydrogens (tertiary/aromatic N) is 5. The molecule has 0 spiro atoms. The summed E-state index contributed by atoms with van der Waals surface area (Å²) in [5, 5.41) is 0.843. The zero-order chi connectivity index (χ0) is 23.4. The first-order valence-corrected chi connectivity index (χ1v) is 11.2. The Morgan fingerprint density at radius 2 is 1.82 bits per heavy atom. The van der Waals surface area contributed by atoms with Crippen LogP contribution in [0.25, 0.3) is 11.3 Å². The highest BCUT2D eigenvalue weighted by atomic mass is 35.5. The van der Waals surface area contributed by atoms with Gasteiger partial charge >= 0.3 is 0 Å². The monoisotopic (exact) mass is 487 g/mol. The van der Waals surface area contributed by atoms with Crippen molar-refractivity contribution in [2.45, 2.75) is 6.04 Å². The quantitative estimate of drug-likeness (QED) is 0.563. The van der Waals surface area contributed by atoms with E-state index in [4.69, 9.17) is 23.2 Å². The number of carbonyl (C=O) groups excluding carboxylic acids is 1. The summed E-state index contributed by atoms with van der Waals surface area (Å²) in [6, 6.07) is 7.78. The molecule has 170 valence electrons. The Morgan fingerprint density at radius 3 is 2.45 bits per heavy atom. The predicted molar refractivity (Wildman–Crippen MR) is 124 cm³/mol. The third-order valence-corrected chi connectivity index (χ3v) is 6.90. The standard InChI is InChI=1S/C23H20Cl2FN5O2/c1-29-20(32)8-19(15-3-4-27-9-18(15)26)28-23(29)30(2)21-16-10-31(11-17(16)21)22(33)12-5-13(24)7-14(25)6-12/h3-9,16-17,21H,10-11H2,1-2H3/t16-,17+,21+. The summed E-state index contributed by atoms with van der Waals surface area (Å²) in [5.41, 5.74) is 0.680. The molecule has 7 nitrogen and oxygen atoms in total. The van der Waals surface area contributed by atoms with Gasteiger partial charge in [0.15, 0.2) is 5.82 Å². The van der Waals surface area contributed by atoms with E-state index in [1.165, 1.54) is 22.9 Å². The first-order chi connectivity index (χ1) is 15.7. The molecular formula is C23H20Cl2FN5O2. The van der Waals surface area contributed by atoms with Crippen LogP contribution in [0, 0.1) is 17.7 Å². The van der Waals surface area contributed by atoms with Gasteiger partial charge in [-0.3, -0.25) is 19.1 Å². The van der Waals surface area contributed by atoms with Crippen LogP contribution in [0.3, 0.4) is 0 Å². The lowest BCUT2D eigenvalue weighted by molar-refractivity contribution is 0.0772. The smallest absolute Gasteiger partial charge is 0.255 e. The van der Waals surface area contributed by atoms with E-state index in [1.54, 1.807) is 30.1 Å². The summed E-state index contributed by atoms with van der Waals surface area (Å²) in [6.07, 6.45) is 2.56. The third-order valence-electron chi connectivity index (χ3n) is 6.47. The average molecular weight is 488 g/mol. The predicted octanol–water partition coefficient (Wildman–Crippen LogP) is 3.50. The second-order valence-electron chi connectivity index (χ2n) is 8.49. The van der Waals surface area contributed by atoms with Crippen LogP contribution in [0.1, 0.15) is 10.4 Å². The molecule has 1 saturated heterocycles. The fourth-order valence-electron chi connectivity index (χ4n) is 4.79. The van der Waals surface area contributed by atoms with Crippen molar-refractivity contribution in [3.63, 3.8) is 0 Å². The van der Waals surface area contributed by atoms with Crippen molar-refractivity contribution in [1.82, 2.24) is 19.4 Å². The molecule has 3 aromatic rings. The SMILES string of the molecule is CN(c1nc(-c2ccncc2F)cc(=O)n1C)[C@H]1[C@@H]2CN(C(=O)c3cc(Cl)cc(Cl)c3)C[C@@H]21. The topological polar surface area (TPSA) is 71.3 Å². The number of pyridine rings is 1. The van der Waals surface area contributed by atoms with E-state index < -0.39 is 5.82 Å². The van der Waals surface area contributed by atoms with E-state index >= 15 is 0 Å². The van der Waals surface area contributed by atoms with E-state index in [1.807, 2.05) is 11.9 Å². The maximum absolute atomic E-state index is 14.2. The van der Waals surface area contributed by atoms with Crippen LogP contribution >= 0.6 is 23.2 Å². The van der Waals surface area contributed by atoms with Crippen LogP contribution < -0.4 is 10.5 Å². The Hall–Kier alpha value is -2.97. The van der Waals surface area contributed by atoms with E-state index in [2.05, 4.69) is 9.97 Å². The van der Waals surface area contributed by atoms with Gasteiger partial charge in [-0.15, -0.1) is 0 Å². The minimum absolute atomic E-state index is 0.103. The first kappa shape index (κ1) is 21.9. The molecule has 2 aromatic heterocycles. The van der Waals surface area contributed by atoms with E-state index in [0.717, 1.165) is 6.20 Å². The number of piperidine rings is 1. The van der Waals surface area contributed by atoms with Gasteiger partial charge in [0.25, 0.3) is 11.5 Å². The van der Waals surface area contributed by atoms with Crippen molar-refractivity contribution >= 4 is 35.1 Å². The Labute approximate surface area is 199 Å². The number of likely N-dealkylation sites (tertiary alicyclic amines) is 1. The average Bonchev–Trinajstić information content (AvgIpc) is 3.27. The molecule has 0 radical (unpaired) electrons. The Kier molecular flexibility index (Phi) is 5.37. The molecule has 2 aliphatic rings. The molecule has 2 fully saturated rings. The zero-order valence-electron chi connectivity index (χ0n) is 17.9. The van der Waals surface area contributed by atoms with Gasteiger partial charge < -0.3 is 9.80 Å². The second kappa shape index (κ2) is 8.11. The minimum Gasteiger partial charge on any atom is -0.342 e. The summed E-state index contributed by atoms with van der Waals surface area (Å²) >= 11 is 12.1. The Bertz CT molecular complexity index is 1300. The molecule has 1 amide bonds. The van der Waals surface area contributed by atoms with Gasteiger partial charge in [0, 0.05) is 78.5 Å². The van der Waals surface area contributed by atoms with Gasteiger partial charge in [-0.25, -0.2) is 9.37 Å². The molecule has 0 bridgehead atoms. The number of aromatic nitrogens is 3. The molecule has 3 atom stereocenters. The molecule has 5 rings (SSSR count). The lowest BCUT2D eigenvalue weighted by atomic mass is 10.2. The van der Waals surface area contributed by atoms with E-state index in [-0.39, 0.29) is 40.6 Å². The Balaban J connectivity index is 1.35.